The number of nitrogens with zero attached hydrogens (tertiary/aromatic N) is 3. The van der Waals surface area contributed by atoms with E-state index < -0.39 is 12.1 Å². The average Bonchev–Trinajstić information content (AvgIpc) is 3.38. The normalized spacial score (nSPS) is 11.7. The summed E-state index contributed by atoms with van der Waals surface area (Å²) >= 11 is 8.67. The smallest absolute Gasteiger partial charge is 0.341 e. The monoisotopic (exact) mass is 534 g/mol. The lowest BCUT2D eigenvalue weighted by atomic mass is 10.2. The first kappa shape index (κ1) is 26.8. The fraction of sp³-hybridized carbons (Fsp3) is 0.333. The summed E-state index contributed by atoms with van der Waals surface area (Å²) in [6.07, 6.45) is 1.34. The number of aromatic nitrogens is 3. The summed E-state index contributed by atoms with van der Waals surface area (Å²) in [4.78, 5) is 25.7. The maximum atomic E-state index is 12.6. The van der Waals surface area contributed by atoms with E-state index >= 15 is 0 Å². The second kappa shape index (κ2) is 12.2. The Morgan fingerprint density at radius 2 is 2.09 bits per heavy atom. The predicted octanol–water partition coefficient (Wildman–Crippen LogP) is 5.84. The third kappa shape index (κ3) is 6.87. The number of hydrogen-bond donors (Lipinski definition) is 1. The van der Waals surface area contributed by atoms with Crippen molar-refractivity contribution < 1.29 is 19.1 Å². The van der Waals surface area contributed by atoms with Gasteiger partial charge in [0.05, 0.1) is 17.9 Å². The molecule has 1 unspecified atom stereocenters. The van der Waals surface area contributed by atoms with Gasteiger partial charge in [0.1, 0.15) is 10.8 Å². The lowest BCUT2D eigenvalue weighted by Gasteiger charge is -2.16. The van der Waals surface area contributed by atoms with Gasteiger partial charge in [-0.05, 0) is 57.5 Å². The standard InChI is InChI=1S/C24H27ClN4O4S2/c1-6-10-29-21(16(5)33-17-8-9-19(25)14(3)11-17)27-28-24(29)34-13-20(30)26-22-18(12-15(4)35-22)23(31)32-7-2/h6,8-9,11-12,16H,1,7,10,13H2,2-5H3,(H,26,30). The van der Waals surface area contributed by atoms with Crippen molar-refractivity contribution in [3.05, 3.63) is 63.8 Å². The van der Waals surface area contributed by atoms with Crippen molar-refractivity contribution in [2.75, 3.05) is 17.7 Å². The van der Waals surface area contributed by atoms with Gasteiger partial charge in [0.25, 0.3) is 0 Å². The average molecular weight is 535 g/mol. The van der Waals surface area contributed by atoms with E-state index in [2.05, 4.69) is 22.1 Å². The molecule has 1 amide bonds. The number of anilines is 1. The van der Waals surface area contributed by atoms with Crippen molar-refractivity contribution >= 4 is 51.6 Å². The van der Waals surface area contributed by atoms with Crippen LogP contribution in [0, 0.1) is 13.8 Å². The van der Waals surface area contributed by atoms with Gasteiger partial charge >= 0.3 is 5.97 Å². The van der Waals surface area contributed by atoms with E-state index in [9.17, 15) is 9.59 Å². The van der Waals surface area contributed by atoms with Crippen molar-refractivity contribution in [1.29, 1.82) is 0 Å². The zero-order valence-electron chi connectivity index (χ0n) is 20.0. The summed E-state index contributed by atoms with van der Waals surface area (Å²) in [5.74, 6) is 0.641. The van der Waals surface area contributed by atoms with Gasteiger partial charge in [-0.15, -0.1) is 28.1 Å². The van der Waals surface area contributed by atoms with E-state index in [4.69, 9.17) is 21.1 Å². The molecule has 2 heterocycles. The minimum Gasteiger partial charge on any atom is -0.483 e. The van der Waals surface area contributed by atoms with E-state index in [1.807, 2.05) is 31.4 Å². The first-order valence-electron chi connectivity index (χ1n) is 10.9. The minimum absolute atomic E-state index is 0.0834. The molecule has 0 aliphatic carbocycles. The molecule has 186 valence electrons. The molecule has 0 spiro atoms. The van der Waals surface area contributed by atoms with Crippen molar-refractivity contribution in [3.63, 3.8) is 0 Å². The third-order valence-electron chi connectivity index (χ3n) is 4.80. The number of hydrogen-bond acceptors (Lipinski definition) is 8. The number of carbonyl (C=O) groups is 2. The summed E-state index contributed by atoms with van der Waals surface area (Å²) < 4.78 is 13.0. The van der Waals surface area contributed by atoms with Gasteiger partial charge in [-0.2, -0.15) is 0 Å². The molecular formula is C24H27ClN4O4S2. The Hall–Kier alpha value is -2.82. The van der Waals surface area contributed by atoms with Gasteiger partial charge in [0.2, 0.25) is 5.91 Å². The molecule has 3 aromatic rings. The van der Waals surface area contributed by atoms with Gasteiger partial charge in [0.15, 0.2) is 17.1 Å². The van der Waals surface area contributed by atoms with Crippen LogP contribution < -0.4 is 10.1 Å². The molecule has 0 saturated carbocycles. The van der Waals surface area contributed by atoms with Crippen LogP contribution in [0.25, 0.3) is 0 Å². The topological polar surface area (TPSA) is 95.3 Å². The number of halogens is 1. The molecule has 11 heteroatoms. The lowest BCUT2D eigenvalue weighted by molar-refractivity contribution is -0.113. The van der Waals surface area contributed by atoms with Crippen LogP contribution in [0.3, 0.4) is 0 Å². The van der Waals surface area contributed by atoms with E-state index in [0.29, 0.717) is 38.9 Å². The molecule has 1 atom stereocenters. The number of ether oxygens (including phenoxy) is 2. The minimum atomic E-state index is -0.458. The van der Waals surface area contributed by atoms with Crippen LogP contribution in [0.1, 0.15) is 46.6 Å². The van der Waals surface area contributed by atoms with Crippen molar-refractivity contribution in [2.45, 2.75) is 45.5 Å². The van der Waals surface area contributed by atoms with Gasteiger partial charge in [-0.1, -0.05) is 29.4 Å². The highest BCUT2D eigenvalue weighted by Gasteiger charge is 2.21. The van der Waals surface area contributed by atoms with E-state index in [1.54, 1.807) is 31.2 Å². The van der Waals surface area contributed by atoms with Crippen LogP contribution in [-0.4, -0.2) is 39.0 Å². The summed E-state index contributed by atoms with van der Waals surface area (Å²) in [5.41, 5.74) is 1.27. The van der Waals surface area contributed by atoms with Gasteiger partial charge in [0, 0.05) is 16.4 Å². The molecule has 35 heavy (non-hydrogen) atoms. The molecule has 0 saturated heterocycles. The van der Waals surface area contributed by atoms with Crippen LogP contribution in [-0.2, 0) is 16.1 Å². The largest absolute Gasteiger partial charge is 0.483 e. The lowest BCUT2D eigenvalue weighted by Crippen LogP contribution is -2.17. The molecule has 3 rings (SSSR count). The molecule has 0 aliphatic heterocycles. The highest BCUT2D eigenvalue weighted by molar-refractivity contribution is 7.99. The Bertz CT molecular complexity index is 1220. The third-order valence-corrected chi connectivity index (χ3v) is 7.16. The maximum Gasteiger partial charge on any atom is 0.341 e. The van der Waals surface area contributed by atoms with Crippen molar-refractivity contribution in [1.82, 2.24) is 14.8 Å². The second-order valence-corrected chi connectivity index (χ2v) is 10.2. The highest BCUT2D eigenvalue weighted by Crippen LogP contribution is 2.30. The predicted molar refractivity (Wildman–Crippen MR) is 140 cm³/mol. The molecule has 0 radical (unpaired) electrons. The molecule has 8 nitrogen and oxygen atoms in total. The number of benzene rings is 1. The van der Waals surface area contributed by atoms with Crippen molar-refractivity contribution in [3.8, 4) is 5.75 Å². The maximum absolute atomic E-state index is 12.6. The van der Waals surface area contributed by atoms with E-state index in [-0.39, 0.29) is 18.3 Å². The van der Waals surface area contributed by atoms with Gasteiger partial charge in [-0.25, -0.2) is 4.79 Å². The number of thiophene rings is 1. The first-order chi connectivity index (χ1) is 16.7. The van der Waals surface area contributed by atoms with Crippen LogP contribution in [0.4, 0.5) is 5.00 Å². The van der Waals surface area contributed by atoms with Crippen LogP contribution >= 0.6 is 34.7 Å². The van der Waals surface area contributed by atoms with E-state index in [0.717, 1.165) is 10.4 Å². The Morgan fingerprint density at radius 3 is 2.77 bits per heavy atom. The van der Waals surface area contributed by atoms with Crippen LogP contribution in [0.5, 0.6) is 5.75 Å². The molecule has 1 N–H and O–H groups in total. The summed E-state index contributed by atoms with van der Waals surface area (Å²) in [6.45, 7) is 11.9. The molecular weight excluding hydrogens is 508 g/mol. The molecule has 0 aliphatic rings. The summed E-state index contributed by atoms with van der Waals surface area (Å²) in [5, 5.41) is 13.1. The fourth-order valence-electron chi connectivity index (χ4n) is 3.22. The number of thioether (sulfide) groups is 1. The number of carbonyl (C=O) groups excluding carboxylic acids is 2. The zero-order chi connectivity index (χ0) is 25.5. The SMILES string of the molecule is C=CCn1c(SCC(=O)Nc2sc(C)cc2C(=O)OCC)nnc1C(C)Oc1ccc(Cl)c(C)c1. The number of amides is 1. The van der Waals surface area contributed by atoms with Gasteiger partial charge < -0.3 is 14.8 Å². The Balaban J connectivity index is 1.69. The Morgan fingerprint density at radius 1 is 1.31 bits per heavy atom. The first-order valence-corrected chi connectivity index (χ1v) is 13.1. The van der Waals surface area contributed by atoms with Crippen LogP contribution in [0.15, 0.2) is 42.1 Å². The molecule has 1 aromatic carbocycles. The second-order valence-electron chi connectivity index (χ2n) is 7.57. The van der Waals surface area contributed by atoms with E-state index in [1.165, 1.54) is 23.1 Å². The van der Waals surface area contributed by atoms with Crippen molar-refractivity contribution in [2.24, 2.45) is 0 Å². The Labute approximate surface area is 217 Å². The molecule has 2 aromatic heterocycles. The molecule has 0 fully saturated rings. The highest BCUT2D eigenvalue weighted by atomic mass is 35.5. The van der Waals surface area contributed by atoms with Crippen LogP contribution in [0.2, 0.25) is 5.02 Å². The zero-order valence-corrected chi connectivity index (χ0v) is 22.4. The van der Waals surface area contributed by atoms with Gasteiger partial charge in [-0.3, -0.25) is 9.36 Å². The summed E-state index contributed by atoms with van der Waals surface area (Å²) in [6, 6.07) is 7.17. The number of nitrogens with one attached hydrogen (secondary N) is 1. The summed E-state index contributed by atoms with van der Waals surface area (Å²) in [7, 11) is 0. The number of aryl methyl sites for hydroxylation is 2. The fourth-order valence-corrected chi connectivity index (χ4v) is 5.00. The number of rotatable bonds is 11. The Kier molecular flexibility index (Phi) is 9.36. The number of esters is 1. The molecule has 0 bridgehead atoms. The quantitative estimate of drug-likeness (QED) is 0.187. The number of allylic oxidation sites excluding steroid dienone is 1.